The van der Waals surface area contributed by atoms with Gasteiger partial charge >= 0.3 is 0 Å². The molecule has 2 rings (SSSR count). The van der Waals surface area contributed by atoms with Crippen molar-refractivity contribution in [1.29, 1.82) is 0 Å². The highest BCUT2D eigenvalue weighted by Gasteiger charge is 2.23. The fourth-order valence-corrected chi connectivity index (χ4v) is 2.13. The molecule has 0 bridgehead atoms. The molecule has 2 atom stereocenters. The van der Waals surface area contributed by atoms with Gasteiger partial charge in [-0.05, 0) is 32.5 Å². The molecule has 0 saturated heterocycles. The van der Waals surface area contributed by atoms with E-state index in [0.717, 1.165) is 12.5 Å². The van der Waals surface area contributed by atoms with Gasteiger partial charge in [0.1, 0.15) is 11.6 Å². The molecule has 0 aliphatic carbocycles. The van der Waals surface area contributed by atoms with Crippen molar-refractivity contribution in [3.8, 4) is 11.4 Å². The maximum atomic E-state index is 13.2. The van der Waals surface area contributed by atoms with Gasteiger partial charge in [0, 0.05) is 17.7 Å². The molecular formula is C14H17F2N3O. The van der Waals surface area contributed by atoms with E-state index in [4.69, 9.17) is 4.52 Å². The molecule has 1 N–H and O–H groups in total. The van der Waals surface area contributed by atoms with Crippen molar-refractivity contribution < 1.29 is 13.3 Å². The summed E-state index contributed by atoms with van der Waals surface area (Å²) in [5.74, 6) is -0.613. The number of likely N-dealkylation sites (N-methyl/N-ethyl adjacent to an activating group) is 1. The first-order chi connectivity index (χ1) is 9.55. The molecule has 0 fully saturated rings. The van der Waals surface area contributed by atoms with Gasteiger partial charge in [-0.2, -0.15) is 4.98 Å². The molecule has 0 amide bonds. The SMILES string of the molecule is CCC(c1nc(-c2cc(F)cc(F)c2)no1)C(C)NC. The molecule has 0 aliphatic heterocycles. The molecule has 2 unspecified atom stereocenters. The third kappa shape index (κ3) is 3.01. The molecule has 108 valence electrons. The first-order valence-corrected chi connectivity index (χ1v) is 6.52. The summed E-state index contributed by atoms with van der Waals surface area (Å²) in [7, 11) is 1.85. The summed E-state index contributed by atoms with van der Waals surface area (Å²) in [6.45, 7) is 4.03. The minimum absolute atomic E-state index is 0.0552. The van der Waals surface area contributed by atoms with Crippen molar-refractivity contribution in [1.82, 2.24) is 15.5 Å². The summed E-state index contributed by atoms with van der Waals surface area (Å²) >= 11 is 0. The van der Waals surface area contributed by atoms with E-state index in [2.05, 4.69) is 15.5 Å². The number of nitrogens with one attached hydrogen (secondary N) is 1. The Balaban J connectivity index is 2.32. The van der Waals surface area contributed by atoms with Crippen molar-refractivity contribution in [3.05, 3.63) is 35.7 Å². The molecule has 0 spiro atoms. The second-order valence-corrected chi connectivity index (χ2v) is 4.71. The van der Waals surface area contributed by atoms with Crippen LogP contribution in [0.15, 0.2) is 22.7 Å². The van der Waals surface area contributed by atoms with Crippen LogP contribution in [0, 0.1) is 11.6 Å². The number of benzene rings is 1. The number of nitrogens with zero attached hydrogens (tertiary/aromatic N) is 2. The molecule has 0 aliphatic rings. The average molecular weight is 281 g/mol. The average Bonchev–Trinajstić information content (AvgIpc) is 2.87. The first-order valence-electron chi connectivity index (χ1n) is 6.52. The van der Waals surface area contributed by atoms with Gasteiger partial charge in [-0.1, -0.05) is 12.1 Å². The number of hydrogen-bond donors (Lipinski definition) is 1. The Morgan fingerprint density at radius 1 is 1.25 bits per heavy atom. The predicted octanol–water partition coefficient (Wildman–Crippen LogP) is 3.12. The van der Waals surface area contributed by atoms with Crippen LogP contribution in [0.1, 0.15) is 32.1 Å². The Labute approximate surface area is 116 Å². The van der Waals surface area contributed by atoms with Gasteiger partial charge in [0.2, 0.25) is 11.7 Å². The second kappa shape index (κ2) is 6.09. The lowest BCUT2D eigenvalue weighted by atomic mass is 9.98. The number of aromatic nitrogens is 2. The lowest BCUT2D eigenvalue weighted by Gasteiger charge is -2.17. The maximum absolute atomic E-state index is 13.2. The molecule has 0 saturated carbocycles. The summed E-state index contributed by atoms with van der Waals surface area (Å²) in [6.07, 6.45) is 0.821. The monoisotopic (exact) mass is 281 g/mol. The maximum Gasteiger partial charge on any atom is 0.231 e. The Hall–Kier alpha value is -1.82. The van der Waals surface area contributed by atoms with Crippen molar-refractivity contribution >= 4 is 0 Å². The fourth-order valence-electron chi connectivity index (χ4n) is 2.13. The van der Waals surface area contributed by atoms with Gasteiger partial charge in [-0.25, -0.2) is 8.78 Å². The predicted molar refractivity (Wildman–Crippen MR) is 71.2 cm³/mol. The Bertz CT molecular complexity index is 565. The zero-order valence-corrected chi connectivity index (χ0v) is 11.7. The summed E-state index contributed by atoms with van der Waals surface area (Å²) in [5, 5.41) is 6.94. The van der Waals surface area contributed by atoms with Crippen molar-refractivity contribution in [2.45, 2.75) is 32.2 Å². The third-order valence-corrected chi connectivity index (χ3v) is 3.38. The quantitative estimate of drug-likeness (QED) is 0.915. The molecule has 20 heavy (non-hydrogen) atoms. The van der Waals surface area contributed by atoms with E-state index in [9.17, 15) is 8.78 Å². The van der Waals surface area contributed by atoms with Crippen molar-refractivity contribution in [2.75, 3.05) is 7.05 Å². The highest BCUT2D eigenvalue weighted by atomic mass is 19.1. The minimum Gasteiger partial charge on any atom is -0.339 e. The van der Waals surface area contributed by atoms with Gasteiger partial charge in [0.25, 0.3) is 0 Å². The topological polar surface area (TPSA) is 51.0 Å². The van der Waals surface area contributed by atoms with Crippen molar-refractivity contribution in [3.63, 3.8) is 0 Å². The van der Waals surface area contributed by atoms with Crippen LogP contribution in [0.3, 0.4) is 0 Å². The number of halogens is 2. The van der Waals surface area contributed by atoms with Crippen LogP contribution in [0.4, 0.5) is 8.78 Å². The van der Waals surface area contributed by atoms with Crippen LogP contribution < -0.4 is 5.32 Å². The van der Waals surface area contributed by atoms with E-state index >= 15 is 0 Å². The van der Waals surface area contributed by atoms with Crippen LogP contribution in [-0.4, -0.2) is 23.2 Å². The molecule has 1 heterocycles. The van der Waals surface area contributed by atoms with E-state index in [0.29, 0.717) is 5.89 Å². The third-order valence-electron chi connectivity index (χ3n) is 3.38. The van der Waals surface area contributed by atoms with Crippen LogP contribution in [0.2, 0.25) is 0 Å². The number of hydrogen-bond acceptors (Lipinski definition) is 4. The van der Waals surface area contributed by atoms with E-state index in [-0.39, 0.29) is 23.3 Å². The second-order valence-electron chi connectivity index (χ2n) is 4.71. The van der Waals surface area contributed by atoms with Gasteiger partial charge in [-0.3, -0.25) is 0 Å². The first kappa shape index (κ1) is 14.6. The summed E-state index contributed by atoms with van der Waals surface area (Å²) in [5.41, 5.74) is 0.268. The van der Waals surface area contributed by atoms with Crippen LogP contribution in [0.5, 0.6) is 0 Å². The number of rotatable bonds is 5. The van der Waals surface area contributed by atoms with Crippen LogP contribution in [-0.2, 0) is 0 Å². The van der Waals surface area contributed by atoms with E-state index in [1.165, 1.54) is 12.1 Å². The molecule has 1 aromatic carbocycles. The molecule has 4 nitrogen and oxygen atoms in total. The molecule has 1 aromatic heterocycles. The molecular weight excluding hydrogens is 264 g/mol. The molecule has 0 radical (unpaired) electrons. The lowest BCUT2D eigenvalue weighted by Crippen LogP contribution is -2.28. The van der Waals surface area contributed by atoms with Gasteiger partial charge in [0.15, 0.2) is 0 Å². The lowest BCUT2D eigenvalue weighted by molar-refractivity contribution is 0.322. The Morgan fingerprint density at radius 3 is 2.45 bits per heavy atom. The summed E-state index contributed by atoms with van der Waals surface area (Å²) in [6, 6.07) is 3.33. The zero-order chi connectivity index (χ0) is 14.7. The summed E-state index contributed by atoms with van der Waals surface area (Å²) < 4.78 is 31.6. The Kier molecular flexibility index (Phi) is 4.44. The van der Waals surface area contributed by atoms with E-state index < -0.39 is 11.6 Å². The Morgan fingerprint density at radius 2 is 1.90 bits per heavy atom. The van der Waals surface area contributed by atoms with Crippen LogP contribution >= 0.6 is 0 Å². The van der Waals surface area contributed by atoms with Gasteiger partial charge in [0.05, 0.1) is 5.92 Å². The minimum atomic E-state index is -0.665. The van der Waals surface area contributed by atoms with Crippen molar-refractivity contribution in [2.24, 2.45) is 0 Å². The fraction of sp³-hybridized carbons (Fsp3) is 0.429. The van der Waals surface area contributed by atoms with E-state index in [1.807, 2.05) is 20.9 Å². The standard InChI is InChI=1S/C14H17F2N3O/c1-4-12(8(2)17-3)14-18-13(19-20-14)9-5-10(15)7-11(16)6-9/h5-8,12,17H,4H2,1-3H3. The molecule has 2 aromatic rings. The van der Waals surface area contributed by atoms with Gasteiger partial charge < -0.3 is 9.84 Å². The smallest absolute Gasteiger partial charge is 0.231 e. The highest BCUT2D eigenvalue weighted by molar-refractivity contribution is 5.54. The normalized spacial score (nSPS) is 14.2. The largest absolute Gasteiger partial charge is 0.339 e. The molecule has 6 heteroatoms. The van der Waals surface area contributed by atoms with Crippen LogP contribution in [0.25, 0.3) is 11.4 Å². The van der Waals surface area contributed by atoms with Gasteiger partial charge in [-0.15, -0.1) is 0 Å². The van der Waals surface area contributed by atoms with E-state index in [1.54, 1.807) is 0 Å². The highest BCUT2D eigenvalue weighted by Crippen LogP contribution is 2.25. The summed E-state index contributed by atoms with van der Waals surface area (Å²) in [4.78, 5) is 4.25. The zero-order valence-electron chi connectivity index (χ0n) is 11.7.